The van der Waals surface area contributed by atoms with Crippen molar-refractivity contribution in [3.8, 4) is 11.5 Å². The molecule has 31 heavy (non-hydrogen) atoms. The first-order valence-electron chi connectivity index (χ1n) is 9.09. The Morgan fingerprint density at radius 3 is 2.74 bits per heavy atom. The van der Waals surface area contributed by atoms with Crippen LogP contribution < -0.4 is 14.8 Å². The Labute approximate surface area is 191 Å². The van der Waals surface area contributed by atoms with Crippen molar-refractivity contribution < 1.29 is 19.1 Å². The quantitative estimate of drug-likeness (QED) is 0.407. The fraction of sp³-hybridized carbons (Fsp3) is 0.200. The summed E-state index contributed by atoms with van der Waals surface area (Å²) in [6.07, 6.45) is 0. The maximum Gasteiger partial charge on any atom is 0.251 e. The number of ether oxygens (including phenoxy) is 2. The van der Waals surface area contributed by atoms with Crippen molar-refractivity contribution in [3.05, 3.63) is 63.4 Å². The van der Waals surface area contributed by atoms with Crippen molar-refractivity contribution in [1.29, 1.82) is 0 Å². The molecule has 0 saturated carbocycles. The van der Waals surface area contributed by atoms with Gasteiger partial charge in [-0.25, -0.2) is 0 Å². The van der Waals surface area contributed by atoms with Crippen LogP contribution in [0.3, 0.4) is 0 Å². The second kappa shape index (κ2) is 9.17. The number of thioether (sulfide) groups is 1. The van der Waals surface area contributed by atoms with Gasteiger partial charge in [0.1, 0.15) is 0 Å². The third kappa shape index (κ3) is 4.79. The Hall–Kier alpha value is -2.75. The molecule has 1 N–H and O–H groups in total. The zero-order valence-electron chi connectivity index (χ0n) is 16.2. The predicted molar refractivity (Wildman–Crippen MR) is 116 cm³/mol. The monoisotopic (exact) mass is 478 g/mol. The molecule has 0 saturated heterocycles. The second-order valence-electron chi connectivity index (χ2n) is 6.54. The molecule has 0 unspecified atom stereocenters. The molecule has 8 nitrogen and oxygen atoms in total. The molecule has 2 heterocycles. The fourth-order valence-electron chi connectivity index (χ4n) is 2.85. The predicted octanol–water partition coefficient (Wildman–Crippen LogP) is 3.76. The highest BCUT2D eigenvalue weighted by Crippen LogP contribution is 2.32. The van der Waals surface area contributed by atoms with Gasteiger partial charge in [-0.1, -0.05) is 35.0 Å². The second-order valence-corrected chi connectivity index (χ2v) is 8.33. The zero-order valence-corrected chi connectivity index (χ0v) is 18.6. The van der Waals surface area contributed by atoms with Gasteiger partial charge in [-0.05, 0) is 36.4 Å². The lowest BCUT2D eigenvalue weighted by Crippen LogP contribution is -2.24. The molecule has 11 heteroatoms. The van der Waals surface area contributed by atoms with E-state index in [1.54, 1.807) is 41.9 Å². The largest absolute Gasteiger partial charge is 0.454 e. The van der Waals surface area contributed by atoms with Gasteiger partial charge in [0, 0.05) is 23.2 Å². The van der Waals surface area contributed by atoms with E-state index >= 15 is 0 Å². The van der Waals surface area contributed by atoms with Crippen molar-refractivity contribution >= 4 is 46.7 Å². The first-order valence-corrected chi connectivity index (χ1v) is 10.8. The number of rotatable bonds is 7. The van der Waals surface area contributed by atoms with Crippen LogP contribution in [-0.2, 0) is 13.6 Å². The summed E-state index contributed by atoms with van der Waals surface area (Å²) in [6, 6.07) is 9.73. The Kier molecular flexibility index (Phi) is 6.35. The zero-order chi connectivity index (χ0) is 22.0. The van der Waals surface area contributed by atoms with Gasteiger partial charge in [0.2, 0.25) is 6.79 Å². The molecule has 0 spiro atoms. The highest BCUT2D eigenvalue weighted by Gasteiger charge is 2.18. The summed E-state index contributed by atoms with van der Waals surface area (Å²) in [5.74, 6) is 1.41. The number of nitrogens with one attached hydrogen (secondary N) is 1. The molecular weight excluding hydrogens is 463 g/mol. The first-order chi connectivity index (χ1) is 14.9. The van der Waals surface area contributed by atoms with E-state index in [2.05, 4.69) is 15.5 Å². The summed E-state index contributed by atoms with van der Waals surface area (Å²) >= 11 is 13.2. The lowest BCUT2D eigenvalue weighted by atomic mass is 10.1. The number of ketones is 1. The van der Waals surface area contributed by atoms with Crippen molar-refractivity contribution in [1.82, 2.24) is 20.1 Å². The number of Topliss-reactive ketones (excluding diaryl/α,β-unsaturated/α-hetero) is 1. The SMILES string of the molecule is Cn1c(CNC(=O)c2ccc3c(c2)OCO3)nnc1SCC(=O)c1ccc(Cl)cc1Cl. The summed E-state index contributed by atoms with van der Waals surface area (Å²) < 4.78 is 12.3. The van der Waals surface area contributed by atoms with Gasteiger partial charge in [-0.2, -0.15) is 0 Å². The van der Waals surface area contributed by atoms with Gasteiger partial charge < -0.3 is 19.4 Å². The smallest absolute Gasteiger partial charge is 0.251 e. The fourth-order valence-corrected chi connectivity index (χ4v) is 4.17. The first kappa shape index (κ1) is 21.5. The van der Waals surface area contributed by atoms with Crippen molar-refractivity contribution in [2.45, 2.75) is 11.7 Å². The van der Waals surface area contributed by atoms with Crippen LogP contribution in [0.4, 0.5) is 0 Å². The molecular formula is C20H16Cl2N4O4S. The average molecular weight is 479 g/mol. The van der Waals surface area contributed by atoms with Crippen LogP contribution in [0.1, 0.15) is 26.5 Å². The minimum Gasteiger partial charge on any atom is -0.454 e. The van der Waals surface area contributed by atoms with Crippen molar-refractivity contribution in [3.63, 3.8) is 0 Å². The topological polar surface area (TPSA) is 95.3 Å². The van der Waals surface area contributed by atoms with Crippen LogP contribution in [0, 0.1) is 0 Å². The number of aromatic nitrogens is 3. The summed E-state index contributed by atoms with van der Waals surface area (Å²) in [5, 5.41) is 12.3. The van der Waals surface area contributed by atoms with Crippen LogP contribution in [0.25, 0.3) is 0 Å². The maximum atomic E-state index is 12.4. The van der Waals surface area contributed by atoms with E-state index in [0.29, 0.717) is 43.7 Å². The van der Waals surface area contributed by atoms with E-state index in [-0.39, 0.29) is 30.8 Å². The van der Waals surface area contributed by atoms with Crippen molar-refractivity contribution in [2.75, 3.05) is 12.5 Å². The molecule has 0 bridgehead atoms. The average Bonchev–Trinajstić information content (AvgIpc) is 3.36. The number of carbonyl (C=O) groups excluding carboxylic acids is 2. The summed E-state index contributed by atoms with van der Waals surface area (Å²) in [4.78, 5) is 24.9. The number of carbonyl (C=O) groups is 2. The van der Waals surface area contributed by atoms with E-state index in [1.165, 1.54) is 17.8 Å². The standard InChI is InChI=1S/C20H16Cl2N4O4S/c1-26-18(8-23-19(28)11-2-5-16-17(6-11)30-10-29-16)24-25-20(26)31-9-15(27)13-4-3-12(21)7-14(13)22/h2-7H,8-10H2,1H3,(H,23,28). The summed E-state index contributed by atoms with van der Waals surface area (Å²) in [5.41, 5.74) is 0.850. The number of hydrogen-bond donors (Lipinski definition) is 1. The highest BCUT2D eigenvalue weighted by atomic mass is 35.5. The minimum absolute atomic E-state index is 0.136. The van der Waals surface area contributed by atoms with Crippen LogP contribution in [0.2, 0.25) is 10.0 Å². The molecule has 0 radical (unpaired) electrons. The van der Waals surface area contributed by atoms with Crippen LogP contribution >= 0.6 is 35.0 Å². The Bertz CT molecular complexity index is 1170. The van der Waals surface area contributed by atoms with Gasteiger partial charge in [-0.15, -0.1) is 10.2 Å². The maximum absolute atomic E-state index is 12.4. The molecule has 1 aliphatic rings. The molecule has 0 aliphatic carbocycles. The van der Waals surface area contributed by atoms with Gasteiger partial charge in [-0.3, -0.25) is 9.59 Å². The number of benzene rings is 2. The summed E-state index contributed by atoms with van der Waals surface area (Å²) in [7, 11) is 1.77. The van der Waals surface area contributed by atoms with E-state index in [4.69, 9.17) is 32.7 Å². The molecule has 1 aromatic heterocycles. The normalized spacial score (nSPS) is 12.1. The molecule has 1 amide bonds. The molecule has 0 atom stereocenters. The molecule has 2 aromatic carbocycles. The van der Waals surface area contributed by atoms with Gasteiger partial charge >= 0.3 is 0 Å². The molecule has 160 valence electrons. The van der Waals surface area contributed by atoms with Gasteiger partial charge in [0.15, 0.2) is 28.3 Å². The Morgan fingerprint density at radius 1 is 1.13 bits per heavy atom. The number of nitrogens with zero attached hydrogens (tertiary/aromatic N) is 3. The lowest BCUT2D eigenvalue weighted by molar-refractivity contribution is 0.0948. The highest BCUT2D eigenvalue weighted by molar-refractivity contribution is 7.99. The van der Waals surface area contributed by atoms with Crippen LogP contribution in [-0.4, -0.2) is 39.0 Å². The molecule has 4 rings (SSSR count). The Morgan fingerprint density at radius 2 is 1.94 bits per heavy atom. The van der Waals surface area contributed by atoms with Crippen LogP contribution in [0.5, 0.6) is 11.5 Å². The van der Waals surface area contributed by atoms with Crippen molar-refractivity contribution in [2.24, 2.45) is 7.05 Å². The van der Waals surface area contributed by atoms with E-state index < -0.39 is 0 Å². The summed E-state index contributed by atoms with van der Waals surface area (Å²) in [6.45, 7) is 0.320. The molecule has 0 fully saturated rings. The van der Waals surface area contributed by atoms with E-state index in [9.17, 15) is 9.59 Å². The van der Waals surface area contributed by atoms with E-state index in [0.717, 1.165) is 0 Å². The number of amides is 1. The number of hydrogen-bond acceptors (Lipinski definition) is 7. The van der Waals surface area contributed by atoms with E-state index in [1.807, 2.05) is 0 Å². The number of fused-ring (bicyclic) bond motifs is 1. The minimum atomic E-state index is -0.275. The molecule has 1 aliphatic heterocycles. The van der Waals surface area contributed by atoms with Crippen LogP contribution in [0.15, 0.2) is 41.6 Å². The number of halogens is 2. The van der Waals surface area contributed by atoms with Gasteiger partial charge in [0.05, 0.1) is 17.3 Å². The Balaban J connectivity index is 1.34. The lowest BCUT2D eigenvalue weighted by Gasteiger charge is -2.07. The van der Waals surface area contributed by atoms with Gasteiger partial charge in [0.25, 0.3) is 5.91 Å². The third-order valence-corrected chi connectivity index (χ3v) is 6.10. The molecule has 3 aromatic rings. The third-order valence-electron chi connectivity index (χ3n) is 4.53.